The number of para-hydroxylation sites is 1. The summed E-state index contributed by atoms with van der Waals surface area (Å²) in [5.41, 5.74) is 1.95. The maximum absolute atomic E-state index is 13.3. The molecular formula is C23H25N3O4S2. The first-order chi connectivity index (χ1) is 15.5. The van der Waals surface area contributed by atoms with Gasteiger partial charge in [0.15, 0.2) is 0 Å². The number of amides is 1. The van der Waals surface area contributed by atoms with E-state index < -0.39 is 15.9 Å². The van der Waals surface area contributed by atoms with Gasteiger partial charge in [0.05, 0.1) is 7.11 Å². The molecule has 3 aromatic rings. The van der Waals surface area contributed by atoms with Crippen molar-refractivity contribution in [3.63, 3.8) is 0 Å². The number of carbonyl (C=O) groups is 1. The average molecular weight is 472 g/mol. The van der Waals surface area contributed by atoms with Crippen LogP contribution in [0.5, 0.6) is 5.75 Å². The van der Waals surface area contributed by atoms with Gasteiger partial charge in [-0.15, -0.1) is 11.3 Å². The van der Waals surface area contributed by atoms with Crippen molar-refractivity contribution >= 4 is 33.0 Å². The molecule has 1 aromatic heterocycles. The Morgan fingerprint density at radius 1 is 1.03 bits per heavy atom. The van der Waals surface area contributed by atoms with Crippen molar-refractivity contribution in [2.24, 2.45) is 0 Å². The summed E-state index contributed by atoms with van der Waals surface area (Å²) in [5.74, 6) is 0.301. The fourth-order valence-corrected chi connectivity index (χ4v) is 6.41. The molecule has 7 nitrogen and oxygen atoms in total. The van der Waals surface area contributed by atoms with Gasteiger partial charge in [0.2, 0.25) is 10.0 Å². The molecule has 0 radical (unpaired) electrons. The zero-order valence-corrected chi connectivity index (χ0v) is 19.4. The summed E-state index contributed by atoms with van der Waals surface area (Å²) in [7, 11) is -2.17. The van der Waals surface area contributed by atoms with Gasteiger partial charge in [0.25, 0.3) is 5.91 Å². The number of carbonyl (C=O) groups excluding carboxylic acids is 1. The SMILES string of the molecule is COc1cccc(CNC(=O)c2sccc2S(=O)(=O)N2CCN(c3ccccc3)CC2)c1. The predicted molar refractivity (Wildman–Crippen MR) is 126 cm³/mol. The number of sulfonamides is 1. The largest absolute Gasteiger partial charge is 0.497 e. The van der Waals surface area contributed by atoms with Gasteiger partial charge in [-0.25, -0.2) is 8.42 Å². The van der Waals surface area contributed by atoms with E-state index in [0.717, 1.165) is 22.6 Å². The van der Waals surface area contributed by atoms with E-state index in [-0.39, 0.29) is 16.3 Å². The minimum atomic E-state index is -3.76. The number of ether oxygens (including phenoxy) is 1. The van der Waals surface area contributed by atoms with Crippen molar-refractivity contribution in [2.45, 2.75) is 11.4 Å². The van der Waals surface area contributed by atoms with Crippen LogP contribution in [-0.2, 0) is 16.6 Å². The molecule has 0 aliphatic carbocycles. The van der Waals surface area contributed by atoms with Gasteiger partial charge >= 0.3 is 0 Å². The second-order valence-corrected chi connectivity index (χ2v) is 10.2. The number of benzene rings is 2. The lowest BCUT2D eigenvalue weighted by Gasteiger charge is -2.35. The highest BCUT2D eigenvalue weighted by Crippen LogP contribution is 2.27. The Morgan fingerprint density at radius 3 is 2.50 bits per heavy atom. The van der Waals surface area contributed by atoms with Crippen molar-refractivity contribution in [1.82, 2.24) is 9.62 Å². The van der Waals surface area contributed by atoms with E-state index in [4.69, 9.17) is 4.74 Å². The molecule has 32 heavy (non-hydrogen) atoms. The number of anilines is 1. The Kier molecular flexibility index (Phi) is 6.78. The molecule has 0 unspecified atom stereocenters. The second-order valence-electron chi connectivity index (χ2n) is 7.37. The van der Waals surface area contributed by atoms with Crippen molar-refractivity contribution in [2.75, 3.05) is 38.2 Å². The molecule has 4 rings (SSSR count). The lowest BCUT2D eigenvalue weighted by atomic mass is 10.2. The zero-order valence-electron chi connectivity index (χ0n) is 17.7. The third-order valence-electron chi connectivity index (χ3n) is 5.40. The first-order valence-electron chi connectivity index (χ1n) is 10.3. The first kappa shape index (κ1) is 22.3. The number of thiophene rings is 1. The number of hydrogen-bond acceptors (Lipinski definition) is 6. The number of hydrogen-bond donors (Lipinski definition) is 1. The summed E-state index contributed by atoms with van der Waals surface area (Å²) in [4.78, 5) is 15.2. The Bertz CT molecular complexity index is 1170. The van der Waals surface area contributed by atoms with Crippen molar-refractivity contribution in [3.8, 4) is 5.75 Å². The highest BCUT2D eigenvalue weighted by molar-refractivity contribution is 7.89. The standard InChI is InChI=1S/C23H25N3O4S2/c1-30-20-9-5-6-18(16-20)17-24-23(27)22-21(10-15-31-22)32(28,29)26-13-11-25(12-14-26)19-7-3-2-4-8-19/h2-10,15-16H,11-14,17H2,1H3,(H,24,27). The molecule has 0 spiro atoms. The molecule has 1 amide bonds. The van der Waals surface area contributed by atoms with Crippen LogP contribution in [-0.4, -0.2) is 51.9 Å². The van der Waals surface area contributed by atoms with E-state index in [1.165, 1.54) is 10.4 Å². The molecule has 1 aliphatic rings. The summed E-state index contributed by atoms with van der Waals surface area (Å²) in [5, 5.41) is 4.47. The molecule has 1 N–H and O–H groups in total. The number of nitrogens with one attached hydrogen (secondary N) is 1. The summed E-state index contributed by atoms with van der Waals surface area (Å²) in [6, 6.07) is 18.8. The summed E-state index contributed by atoms with van der Waals surface area (Å²) < 4.78 is 33.3. The minimum Gasteiger partial charge on any atom is -0.497 e. The highest BCUT2D eigenvalue weighted by Gasteiger charge is 2.32. The Balaban J connectivity index is 1.43. The van der Waals surface area contributed by atoms with Crippen LogP contribution >= 0.6 is 11.3 Å². The molecular weight excluding hydrogens is 446 g/mol. The van der Waals surface area contributed by atoms with Crippen LogP contribution in [0.15, 0.2) is 70.9 Å². The predicted octanol–water partition coefficient (Wildman–Crippen LogP) is 3.20. The summed E-state index contributed by atoms with van der Waals surface area (Å²) in [6.45, 7) is 2.23. The van der Waals surface area contributed by atoms with Gasteiger partial charge in [-0.2, -0.15) is 4.31 Å². The van der Waals surface area contributed by atoms with Gasteiger partial charge in [-0.05, 0) is 41.3 Å². The molecule has 9 heteroatoms. The molecule has 0 atom stereocenters. The normalized spacial score (nSPS) is 14.8. The number of piperazine rings is 1. The Hall–Kier alpha value is -2.88. The van der Waals surface area contributed by atoms with Crippen LogP contribution in [0.3, 0.4) is 0 Å². The number of rotatable bonds is 7. The topological polar surface area (TPSA) is 78.9 Å². The van der Waals surface area contributed by atoms with Gasteiger partial charge < -0.3 is 15.0 Å². The van der Waals surface area contributed by atoms with Crippen molar-refractivity contribution in [1.29, 1.82) is 0 Å². The van der Waals surface area contributed by atoms with Gasteiger partial charge in [0.1, 0.15) is 15.5 Å². The van der Waals surface area contributed by atoms with E-state index in [2.05, 4.69) is 10.2 Å². The van der Waals surface area contributed by atoms with Gasteiger partial charge in [-0.3, -0.25) is 4.79 Å². The lowest BCUT2D eigenvalue weighted by Crippen LogP contribution is -2.48. The monoisotopic (exact) mass is 471 g/mol. The van der Waals surface area contributed by atoms with E-state index >= 15 is 0 Å². The van der Waals surface area contributed by atoms with E-state index in [0.29, 0.717) is 31.9 Å². The molecule has 0 saturated carbocycles. The smallest absolute Gasteiger partial charge is 0.263 e. The van der Waals surface area contributed by atoms with E-state index in [1.54, 1.807) is 12.5 Å². The van der Waals surface area contributed by atoms with Crippen LogP contribution in [0.2, 0.25) is 0 Å². The Morgan fingerprint density at radius 2 is 1.78 bits per heavy atom. The molecule has 2 aromatic carbocycles. The zero-order chi connectivity index (χ0) is 22.6. The molecule has 0 bridgehead atoms. The van der Waals surface area contributed by atoms with Crippen molar-refractivity contribution in [3.05, 3.63) is 76.5 Å². The van der Waals surface area contributed by atoms with Crippen LogP contribution in [0, 0.1) is 0 Å². The molecule has 1 saturated heterocycles. The maximum Gasteiger partial charge on any atom is 0.263 e. The first-order valence-corrected chi connectivity index (χ1v) is 12.6. The van der Waals surface area contributed by atoms with Gasteiger partial charge in [0, 0.05) is 38.4 Å². The van der Waals surface area contributed by atoms with Gasteiger partial charge in [-0.1, -0.05) is 30.3 Å². The third-order valence-corrected chi connectivity index (χ3v) is 8.38. The summed E-state index contributed by atoms with van der Waals surface area (Å²) >= 11 is 1.14. The van der Waals surface area contributed by atoms with Crippen LogP contribution in [0.1, 0.15) is 15.2 Å². The second kappa shape index (κ2) is 9.72. The van der Waals surface area contributed by atoms with Crippen LogP contribution in [0.4, 0.5) is 5.69 Å². The quantitative estimate of drug-likeness (QED) is 0.573. The minimum absolute atomic E-state index is 0.0683. The van der Waals surface area contributed by atoms with E-state index in [9.17, 15) is 13.2 Å². The van der Waals surface area contributed by atoms with Crippen LogP contribution in [0.25, 0.3) is 0 Å². The fourth-order valence-electron chi connectivity index (χ4n) is 3.68. The maximum atomic E-state index is 13.3. The molecule has 1 fully saturated rings. The van der Waals surface area contributed by atoms with Crippen molar-refractivity contribution < 1.29 is 17.9 Å². The Labute approximate surface area is 192 Å². The summed E-state index contributed by atoms with van der Waals surface area (Å²) in [6.07, 6.45) is 0. The van der Waals surface area contributed by atoms with Crippen LogP contribution < -0.4 is 15.0 Å². The third kappa shape index (κ3) is 4.79. The highest BCUT2D eigenvalue weighted by atomic mass is 32.2. The number of nitrogens with zero attached hydrogens (tertiary/aromatic N) is 2. The number of methoxy groups -OCH3 is 1. The fraction of sp³-hybridized carbons (Fsp3) is 0.261. The van der Waals surface area contributed by atoms with E-state index in [1.807, 2.05) is 54.6 Å². The lowest BCUT2D eigenvalue weighted by molar-refractivity contribution is 0.0951. The molecule has 2 heterocycles. The molecule has 1 aliphatic heterocycles. The average Bonchev–Trinajstić information content (AvgIpc) is 3.34. The molecule has 168 valence electrons.